The van der Waals surface area contributed by atoms with Crippen molar-refractivity contribution in [2.45, 2.75) is 25.4 Å². The first kappa shape index (κ1) is 17.7. The molecule has 0 aromatic heterocycles. The van der Waals surface area contributed by atoms with Gasteiger partial charge in [-0.2, -0.15) is 0 Å². The van der Waals surface area contributed by atoms with Gasteiger partial charge in [0.1, 0.15) is 0 Å². The van der Waals surface area contributed by atoms with E-state index in [0.717, 1.165) is 5.56 Å². The third kappa shape index (κ3) is 4.41. The third-order valence-electron chi connectivity index (χ3n) is 4.09. The van der Waals surface area contributed by atoms with E-state index in [4.69, 9.17) is 11.6 Å². The quantitative estimate of drug-likeness (QED) is 0.859. The molecule has 1 fully saturated rings. The van der Waals surface area contributed by atoms with Crippen molar-refractivity contribution in [3.8, 4) is 0 Å². The molecule has 0 saturated carbocycles. The van der Waals surface area contributed by atoms with Gasteiger partial charge in [-0.05, 0) is 42.9 Å². The lowest BCUT2D eigenvalue weighted by atomic mass is 9.88. The Morgan fingerprint density at radius 3 is 2.41 bits per heavy atom. The highest BCUT2D eigenvalue weighted by Gasteiger charge is 2.31. The summed E-state index contributed by atoms with van der Waals surface area (Å²) < 4.78 is 37.6. The smallest absolute Gasteiger partial charge is 0.214 e. The van der Waals surface area contributed by atoms with Crippen molar-refractivity contribution in [1.82, 2.24) is 4.31 Å². The molecular formula is C15H21ClFNO3S. The fraction of sp³-hybridized carbons (Fsp3) is 0.600. The standard InChI is InChI=1S/C15H21ClFNO3S/c16-14-4-2-12(3-5-14)15(19)13-6-9-18(10-7-13)22(20,21)11-1-8-17/h2-5,13,15,19H,1,6-11H2/t15-/m1/s1. The van der Waals surface area contributed by atoms with Gasteiger partial charge in [-0.3, -0.25) is 4.39 Å². The Kier molecular flexibility index (Phi) is 6.20. The predicted molar refractivity (Wildman–Crippen MR) is 85.1 cm³/mol. The lowest BCUT2D eigenvalue weighted by Crippen LogP contribution is -2.40. The Bertz CT molecular complexity index is 571. The summed E-state index contributed by atoms with van der Waals surface area (Å²) >= 11 is 5.83. The minimum absolute atomic E-state index is 0.0220. The summed E-state index contributed by atoms with van der Waals surface area (Å²) in [4.78, 5) is 0. The van der Waals surface area contributed by atoms with Crippen molar-refractivity contribution < 1.29 is 17.9 Å². The first-order chi connectivity index (χ1) is 10.4. The van der Waals surface area contributed by atoms with Crippen LogP contribution in [0, 0.1) is 5.92 Å². The molecule has 0 unspecified atom stereocenters. The van der Waals surface area contributed by atoms with Gasteiger partial charge in [0.15, 0.2) is 0 Å². The Balaban J connectivity index is 1.93. The summed E-state index contributed by atoms with van der Waals surface area (Å²) in [6, 6.07) is 7.04. The lowest BCUT2D eigenvalue weighted by Gasteiger charge is -2.33. The van der Waals surface area contributed by atoms with Crippen molar-refractivity contribution >= 4 is 21.6 Å². The number of nitrogens with zero attached hydrogens (tertiary/aromatic N) is 1. The number of piperidine rings is 1. The highest BCUT2D eigenvalue weighted by Crippen LogP contribution is 2.32. The highest BCUT2D eigenvalue weighted by molar-refractivity contribution is 7.89. The molecule has 0 amide bonds. The lowest BCUT2D eigenvalue weighted by molar-refractivity contribution is 0.0760. The van der Waals surface area contributed by atoms with Crippen LogP contribution in [0.1, 0.15) is 30.9 Å². The van der Waals surface area contributed by atoms with E-state index in [1.165, 1.54) is 4.31 Å². The van der Waals surface area contributed by atoms with Gasteiger partial charge >= 0.3 is 0 Å². The van der Waals surface area contributed by atoms with Crippen LogP contribution < -0.4 is 0 Å². The van der Waals surface area contributed by atoms with Gasteiger partial charge < -0.3 is 5.11 Å². The number of alkyl halides is 1. The molecule has 124 valence electrons. The molecular weight excluding hydrogens is 329 g/mol. The number of aliphatic hydroxyl groups excluding tert-OH is 1. The van der Waals surface area contributed by atoms with Crippen LogP contribution in [0.15, 0.2) is 24.3 Å². The number of aliphatic hydroxyl groups is 1. The minimum Gasteiger partial charge on any atom is -0.388 e. The fourth-order valence-corrected chi connectivity index (χ4v) is 4.39. The van der Waals surface area contributed by atoms with Crippen molar-refractivity contribution in [3.05, 3.63) is 34.9 Å². The maximum atomic E-state index is 12.1. The van der Waals surface area contributed by atoms with E-state index in [9.17, 15) is 17.9 Å². The van der Waals surface area contributed by atoms with Crippen molar-refractivity contribution in [1.29, 1.82) is 0 Å². The first-order valence-electron chi connectivity index (χ1n) is 7.41. The van der Waals surface area contributed by atoms with E-state index < -0.39 is 22.8 Å². The largest absolute Gasteiger partial charge is 0.388 e. The molecule has 1 N–H and O–H groups in total. The number of hydrogen-bond acceptors (Lipinski definition) is 3. The van der Waals surface area contributed by atoms with Gasteiger partial charge in [0.2, 0.25) is 10.0 Å². The van der Waals surface area contributed by atoms with Crippen LogP contribution in [-0.4, -0.2) is 43.3 Å². The number of halogens is 2. The molecule has 0 spiro atoms. The van der Waals surface area contributed by atoms with Gasteiger partial charge in [-0.15, -0.1) is 0 Å². The number of hydrogen-bond donors (Lipinski definition) is 1. The summed E-state index contributed by atoms with van der Waals surface area (Å²) in [6.07, 6.45) is 0.611. The molecule has 1 heterocycles. The molecule has 1 aliphatic rings. The maximum absolute atomic E-state index is 12.1. The van der Waals surface area contributed by atoms with Crippen LogP contribution in [0.25, 0.3) is 0 Å². The Hall–Kier alpha value is -0.690. The Morgan fingerprint density at radius 1 is 1.27 bits per heavy atom. The first-order valence-corrected chi connectivity index (χ1v) is 9.40. The summed E-state index contributed by atoms with van der Waals surface area (Å²) in [6.45, 7) is 0.138. The fourth-order valence-electron chi connectivity index (χ4n) is 2.77. The summed E-state index contributed by atoms with van der Waals surface area (Å²) in [5.74, 6) is -0.123. The molecule has 0 radical (unpaired) electrons. The molecule has 1 atom stereocenters. The van der Waals surface area contributed by atoms with Crippen LogP contribution in [0.5, 0.6) is 0 Å². The van der Waals surface area contributed by atoms with Crippen LogP contribution in [0.4, 0.5) is 4.39 Å². The average molecular weight is 350 g/mol. The van der Waals surface area contributed by atoms with Crippen LogP contribution in [0.3, 0.4) is 0 Å². The normalized spacial score (nSPS) is 19.2. The zero-order chi connectivity index (χ0) is 16.2. The van der Waals surface area contributed by atoms with Gasteiger partial charge in [0.25, 0.3) is 0 Å². The Labute approximate surface area is 135 Å². The molecule has 1 aromatic carbocycles. The van der Waals surface area contributed by atoms with Gasteiger partial charge in [0.05, 0.1) is 18.5 Å². The van der Waals surface area contributed by atoms with E-state index in [1.807, 2.05) is 0 Å². The molecule has 0 bridgehead atoms. The van der Waals surface area contributed by atoms with Crippen LogP contribution >= 0.6 is 11.6 Å². The van der Waals surface area contributed by atoms with E-state index in [0.29, 0.717) is 31.0 Å². The van der Waals surface area contributed by atoms with Crippen LogP contribution in [0.2, 0.25) is 5.02 Å². The average Bonchev–Trinajstić information content (AvgIpc) is 2.53. The van der Waals surface area contributed by atoms with E-state index in [2.05, 4.69) is 0 Å². The van der Waals surface area contributed by atoms with E-state index >= 15 is 0 Å². The van der Waals surface area contributed by atoms with Crippen LogP contribution in [-0.2, 0) is 10.0 Å². The number of sulfonamides is 1. The molecule has 2 rings (SSSR count). The number of benzene rings is 1. The number of rotatable bonds is 6. The molecule has 22 heavy (non-hydrogen) atoms. The molecule has 1 aromatic rings. The van der Waals surface area contributed by atoms with Gasteiger partial charge in [-0.1, -0.05) is 23.7 Å². The molecule has 0 aliphatic carbocycles. The molecule has 4 nitrogen and oxygen atoms in total. The summed E-state index contributed by atoms with van der Waals surface area (Å²) in [7, 11) is -3.37. The SMILES string of the molecule is O=S(=O)(CCCF)N1CCC([C@H](O)c2ccc(Cl)cc2)CC1. The molecule has 1 saturated heterocycles. The van der Waals surface area contributed by atoms with Crippen molar-refractivity contribution in [2.75, 3.05) is 25.5 Å². The molecule has 1 aliphatic heterocycles. The van der Waals surface area contributed by atoms with E-state index in [-0.39, 0.29) is 18.1 Å². The topological polar surface area (TPSA) is 57.6 Å². The monoisotopic (exact) mass is 349 g/mol. The van der Waals surface area contributed by atoms with E-state index in [1.54, 1.807) is 24.3 Å². The zero-order valence-electron chi connectivity index (χ0n) is 12.3. The highest BCUT2D eigenvalue weighted by atomic mass is 35.5. The van der Waals surface area contributed by atoms with Crippen molar-refractivity contribution in [2.24, 2.45) is 5.92 Å². The maximum Gasteiger partial charge on any atom is 0.214 e. The van der Waals surface area contributed by atoms with Gasteiger partial charge in [0, 0.05) is 18.1 Å². The second-order valence-corrected chi connectivity index (χ2v) is 8.12. The second-order valence-electron chi connectivity index (χ2n) is 5.59. The predicted octanol–water partition coefficient (Wildman–Crippen LogP) is 2.77. The minimum atomic E-state index is -3.37. The second kappa shape index (κ2) is 7.73. The Morgan fingerprint density at radius 2 is 1.86 bits per heavy atom. The third-order valence-corrected chi connectivity index (χ3v) is 6.29. The summed E-state index contributed by atoms with van der Waals surface area (Å²) in [5.41, 5.74) is 0.795. The summed E-state index contributed by atoms with van der Waals surface area (Å²) in [5, 5.41) is 11.0. The van der Waals surface area contributed by atoms with Gasteiger partial charge in [-0.25, -0.2) is 12.7 Å². The zero-order valence-corrected chi connectivity index (χ0v) is 13.9. The van der Waals surface area contributed by atoms with Crippen molar-refractivity contribution in [3.63, 3.8) is 0 Å². The molecule has 7 heteroatoms.